The van der Waals surface area contributed by atoms with Crippen LogP contribution in [0.15, 0.2) is 5.38 Å². The minimum atomic E-state index is 0.534. The van der Waals surface area contributed by atoms with E-state index in [-0.39, 0.29) is 0 Å². The van der Waals surface area contributed by atoms with E-state index in [0.717, 1.165) is 24.2 Å². The zero-order valence-electron chi connectivity index (χ0n) is 10.7. The summed E-state index contributed by atoms with van der Waals surface area (Å²) in [6, 6.07) is 0.817. The van der Waals surface area contributed by atoms with E-state index in [1.165, 1.54) is 30.8 Å². The van der Waals surface area contributed by atoms with Crippen LogP contribution in [0.5, 0.6) is 0 Å². The quantitative estimate of drug-likeness (QED) is 0.700. The molecule has 2 nitrogen and oxygen atoms in total. The topological polar surface area (TPSA) is 16.1 Å². The molecule has 0 atom stereocenters. The van der Waals surface area contributed by atoms with E-state index in [9.17, 15) is 0 Å². The number of nitrogens with zero attached hydrogens (tertiary/aromatic N) is 2. The van der Waals surface area contributed by atoms with Gasteiger partial charge in [0.15, 0.2) is 0 Å². The SMILES string of the molecule is CC(C)CCN(Cc1nc(CCl)cs1)C1CC1. The first-order chi connectivity index (χ1) is 8.19. The molecule has 1 aliphatic rings. The zero-order chi connectivity index (χ0) is 12.3. The molecule has 1 aromatic rings. The number of halogens is 1. The van der Waals surface area contributed by atoms with Gasteiger partial charge in [-0.05, 0) is 31.7 Å². The van der Waals surface area contributed by atoms with Crippen LogP contribution >= 0.6 is 22.9 Å². The average molecular weight is 273 g/mol. The average Bonchev–Trinajstić information content (AvgIpc) is 3.04. The molecule has 0 spiro atoms. The maximum absolute atomic E-state index is 5.78. The second-order valence-corrected chi connectivity index (χ2v) is 6.46. The number of aromatic nitrogens is 1. The highest BCUT2D eigenvalue weighted by molar-refractivity contribution is 7.09. The molecule has 2 rings (SSSR count). The van der Waals surface area contributed by atoms with Gasteiger partial charge in [0, 0.05) is 11.4 Å². The highest BCUT2D eigenvalue weighted by Gasteiger charge is 2.29. The summed E-state index contributed by atoms with van der Waals surface area (Å²) in [5.41, 5.74) is 1.02. The third kappa shape index (κ3) is 4.23. The third-order valence-corrected chi connectivity index (χ3v) is 4.29. The van der Waals surface area contributed by atoms with Crippen molar-refractivity contribution in [3.63, 3.8) is 0 Å². The molecular formula is C13H21ClN2S. The molecule has 0 saturated heterocycles. The summed E-state index contributed by atoms with van der Waals surface area (Å²) in [5, 5.41) is 3.30. The molecule has 17 heavy (non-hydrogen) atoms. The monoisotopic (exact) mass is 272 g/mol. The Morgan fingerprint density at radius 1 is 1.53 bits per heavy atom. The van der Waals surface area contributed by atoms with Gasteiger partial charge >= 0.3 is 0 Å². The van der Waals surface area contributed by atoms with Gasteiger partial charge in [0.05, 0.1) is 18.1 Å². The fraction of sp³-hybridized carbons (Fsp3) is 0.769. The summed E-state index contributed by atoms with van der Waals surface area (Å²) in [5.74, 6) is 1.32. The number of thiazole rings is 1. The van der Waals surface area contributed by atoms with E-state index in [0.29, 0.717) is 5.88 Å². The van der Waals surface area contributed by atoms with Crippen LogP contribution in [0.25, 0.3) is 0 Å². The molecule has 96 valence electrons. The summed E-state index contributed by atoms with van der Waals surface area (Å²) in [4.78, 5) is 7.14. The maximum atomic E-state index is 5.78. The number of rotatable bonds is 7. The van der Waals surface area contributed by atoms with Gasteiger partial charge in [-0.3, -0.25) is 4.90 Å². The first kappa shape index (κ1) is 13.3. The molecular weight excluding hydrogens is 252 g/mol. The van der Waals surface area contributed by atoms with Crippen LogP contribution in [0, 0.1) is 5.92 Å². The number of hydrogen-bond acceptors (Lipinski definition) is 3. The standard InChI is InChI=1S/C13H21ClN2S/c1-10(2)5-6-16(12-3-4-12)8-13-15-11(7-14)9-17-13/h9-10,12H,3-8H2,1-2H3. The van der Waals surface area contributed by atoms with E-state index >= 15 is 0 Å². The van der Waals surface area contributed by atoms with Crippen LogP contribution in [0.2, 0.25) is 0 Å². The lowest BCUT2D eigenvalue weighted by Gasteiger charge is -2.21. The molecule has 1 fully saturated rings. The Balaban J connectivity index is 1.88. The van der Waals surface area contributed by atoms with E-state index in [2.05, 4.69) is 29.1 Å². The van der Waals surface area contributed by atoms with Crippen LogP contribution in [-0.4, -0.2) is 22.5 Å². The Bertz CT molecular complexity index is 347. The molecule has 1 saturated carbocycles. The summed E-state index contributed by atoms with van der Waals surface area (Å²) >= 11 is 7.53. The lowest BCUT2D eigenvalue weighted by atomic mass is 10.1. The van der Waals surface area contributed by atoms with Crippen molar-refractivity contribution in [3.8, 4) is 0 Å². The first-order valence-corrected chi connectivity index (χ1v) is 7.83. The lowest BCUT2D eigenvalue weighted by Crippen LogP contribution is -2.27. The summed E-state index contributed by atoms with van der Waals surface area (Å²) in [7, 11) is 0. The fourth-order valence-electron chi connectivity index (χ4n) is 1.91. The molecule has 0 bridgehead atoms. The van der Waals surface area contributed by atoms with E-state index < -0.39 is 0 Å². The van der Waals surface area contributed by atoms with Crippen LogP contribution in [0.4, 0.5) is 0 Å². The highest BCUT2D eigenvalue weighted by atomic mass is 35.5. The van der Waals surface area contributed by atoms with Crippen LogP contribution < -0.4 is 0 Å². The van der Waals surface area contributed by atoms with Gasteiger partial charge in [-0.2, -0.15) is 0 Å². The van der Waals surface area contributed by atoms with Crippen molar-refractivity contribution < 1.29 is 0 Å². The van der Waals surface area contributed by atoms with Crippen LogP contribution in [0.1, 0.15) is 43.8 Å². The Morgan fingerprint density at radius 2 is 2.29 bits per heavy atom. The number of hydrogen-bond donors (Lipinski definition) is 0. The second-order valence-electron chi connectivity index (χ2n) is 5.25. The predicted octanol–water partition coefficient (Wildman–Crippen LogP) is 3.89. The van der Waals surface area contributed by atoms with Crippen molar-refractivity contribution in [2.24, 2.45) is 5.92 Å². The van der Waals surface area contributed by atoms with Crippen molar-refractivity contribution >= 4 is 22.9 Å². The lowest BCUT2D eigenvalue weighted by molar-refractivity contribution is 0.239. The van der Waals surface area contributed by atoms with E-state index in [4.69, 9.17) is 11.6 Å². The van der Waals surface area contributed by atoms with Crippen molar-refractivity contribution in [1.29, 1.82) is 0 Å². The van der Waals surface area contributed by atoms with Crippen LogP contribution in [0.3, 0.4) is 0 Å². The van der Waals surface area contributed by atoms with Crippen LogP contribution in [-0.2, 0) is 12.4 Å². The molecule has 1 heterocycles. The van der Waals surface area contributed by atoms with Crippen molar-refractivity contribution in [3.05, 3.63) is 16.1 Å². The molecule has 0 aromatic carbocycles. The van der Waals surface area contributed by atoms with Gasteiger partial charge in [0.1, 0.15) is 5.01 Å². The highest BCUT2D eigenvalue weighted by Crippen LogP contribution is 2.29. The molecule has 1 aliphatic carbocycles. The second kappa shape index (κ2) is 6.17. The molecule has 0 N–H and O–H groups in total. The van der Waals surface area contributed by atoms with Crippen molar-refractivity contribution in [2.75, 3.05) is 6.54 Å². The van der Waals surface area contributed by atoms with Gasteiger partial charge in [0.25, 0.3) is 0 Å². The largest absolute Gasteiger partial charge is 0.294 e. The zero-order valence-corrected chi connectivity index (χ0v) is 12.2. The third-order valence-electron chi connectivity index (χ3n) is 3.13. The molecule has 0 aliphatic heterocycles. The van der Waals surface area contributed by atoms with Gasteiger partial charge in [-0.25, -0.2) is 4.98 Å². The van der Waals surface area contributed by atoms with Crippen molar-refractivity contribution in [1.82, 2.24) is 9.88 Å². The minimum Gasteiger partial charge on any atom is -0.294 e. The maximum Gasteiger partial charge on any atom is 0.107 e. The molecule has 0 amide bonds. The van der Waals surface area contributed by atoms with Gasteiger partial charge in [-0.1, -0.05) is 13.8 Å². The Hall–Kier alpha value is -0.120. The fourth-order valence-corrected chi connectivity index (χ4v) is 2.96. The summed E-state index contributed by atoms with van der Waals surface area (Å²) in [6.45, 7) is 6.80. The normalized spacial score (nSPS) is 16.1. The van der Waals surface area contributed by atoms with Gasteiger partial charge in [-0.15, -0.1) is 22.9 Å². The smallest absolute Gasteiger partial charge is 0.107 e. The van der Waals surface area contributed by atoms with Crippen molar-refractivity contribution in [2.45, 2.75) is 51.6 Å². The van der Waals surface area contributed by atoms with E-state index in [1.54, 1.807) is 11.3 Å². The Morgan fingerprint density at radius 3 is 2.82 bits per heavy atom. The molecule has 0 unspecified atom stereocenters. The molecule has 0 radical (unpaired) electrons. The Kier molecular flexibility index (Phi) is 4.83. The Labute approximate surface area is 113 Å². The summed E-state index contributed by atoms with van der Waals surface area (Å²) < 4.78 is 0. The minimum absolute atomic E-state index is 0.534. The van der Waals surface area contributed by atoms with E-state index in [1.807, 2.05) is 0 Å². The molecule has 1 aromatic heterocycles. The van der Waals surface area contributed by atoms with Gasteiger partial charge in [0.2, 0.25) is 0 Å². The molecule has 4 heteroatoms. The summed E-state index contributed by atoms with van der Waals surface area (Å²) in [6.07, 6.45) is 4.02. The first-order valence-electron chi connectivity index (χ1n) is 6.42. The van der Waals surface area contributed by atoms with Gasteiger partial charge < -0.3 is 0 Å². The number of alkyl halides is 1. The predicted molar refractivity (Wildman–Crippen MR) is 74.6 cm³/mol.